The predicted molar refractivity (Wildman–Crippen MR) is 64.8 cm³/mol. The molecular formula is C14H12O4. The highest BCUT2D eigenvalue weighted by atomic mass is 16.6. The fourth-order valence-electron chi connectivity index (χ4n) is 2.64. The van der Waals surface area contributed by atoms with E-state index in [1.165, 1.54) is 6.07 Å². The monoisotopic (exact) mass is 244 g/mol. The summed E-state index contributed by atoms with van der Waals surface area (Å²) in [6, 6.07) is 6.95. The van der Waals surface area contributed by atoms with Crippen molar-refractivity contribution >= 4 is 11.0 Å². The predicted octanol–water partition coefficient (Wildman–Crippen LogP) is 2.40. The van der Waals surface area contributed by atoms with Crippen molar-refractivity contribution in [1.29, 1.82) is 0 Å². The van der Waals surface area contributed by atoms with Crippen molar-refractivity contribution < 1.29 is 13.9 Å². The molecule has 2 aromatic rings. The molecule has 1 fully saturated rings. The molecule has 1 aromatic heterocycles. The molecule has 0 saturated carbocycles. The third-order valence-corrected chi connectivity index (χ3v) is 3.61. The van der Waals surface area contributed by atoms with E-state index >= 15 is 0 Å². The van der Waals surface area contributed by atoms with Crippen molar-refractivity contribution in [2.75, 3.05) is 0 Å². The first-order valence-electron chi connectivity index (χ1n) is 5.97. The molecule has 0 aliphatic carbocycles. The van der Waals surface area contributed by atoms with Crippen LogP contribution < -0.4 is 10.4 Å². The molecular weight excluding hydrogens is 232 g/mol. The summed E-state index contributed by atoms with van der Waals surface area (Å²) in [5, 5.41) is 0.894. The summed E-state index contributed by atoms with van der Waals surface area (Å²) >= 11 is 0. The van der Waals surface area contributed by atoms with E-state index in [2.05, 4.69) is 0 Å². The maximum Gasteiger partial charge on any atom is 0.336 e. The van der Waals surface area contributed by atoms with Gasteiger partial charge in [0.05, 0.1) is 0 Å². The van der Waals surface area contributed by atoms with E-state index in [-0.39, 0.29) is 23.4 Å². The molecule has 0 amide bonds. The van der Waals surface area contributed by atoms with Crippen molar-refractivity contribution in [1.82, 2.24) is 0 Å². The van der Waals surface area contributed by atoms with Gasteiger partial charge in [-0.3, -0.25) is 0 Å². The van der Waals surface area contributed by atoms with E-state index in [1.807, 2.05) is 19.9 Å². The molecule has 4 nitrogen and oxygen atoms in total. The summed E-state index contributed by atoms with van der Waals surface area (Å²) in [4.78, 5) is 11.2. The molecule has 2 aliphatic heterocycles. The molecule has 0 radical (unpaired) electrons. The lowest BCUT2D eigenvalue weighted by Crippen LogP contribution is -2.37. The molecule has 0 unspecified atom stereocenters. The summed E-state index contributed by atoms with van der Waals surface area (Å²) in [6.07, 6.45) is 0.234. The van der Waals surface area contributed by atoms with Gasteiger partial charge >= 0.3 is 5.63 Å². The van der Waals surface area contributed by atoms with Crippen molar-refractivity contribution in [3.8, 4) is 5.75 Å². The molecule has 1 aromatic carbocycles. The second-order valence-corrected chi connectivity index (χ2v) is 5.37. The number of epoxide rings is 1. The second-order valence-electron chi connectivity index (χ2n) is 5.37. The highest BCUT2D eigenvalue weighted by Crippen LogP contribution is 2.54. The second kappa shape index (κ2) is 2.95. The number of ether oxygens (including phenoxy) is 2. The maximum absolute atomic E-state index is 11.2. The fourth-order valence-corrected chi connectivity index (χ4v) is 2.64. The minimum Gasteiger partial charge on any atom is -0.484 e. The van der Waals surface area contributed by atoms with Crippen LogP contribution in [0.1, 0.15) is 25.5 Å². The van der Waals surface area contributed by atoms with Gasteiger partial charge in [0.1, 0.15) is 29.1 Å². The maximum atomic E-state index is 11.2. The minimum absolute atomic E-state index is 0.111. The van der Waals surface area contributed by atoms with E-state index < -0.39 is 0 Å². The van der Waals surface area contributed by atoms with Crippen molar-refractivity contribution in [2.45, 2.75) is 31.7 Å². The van der Waals surface area contributed by atoms with Gasteiger partial charge < -0.3 is 13.9 Å². The van der Waals surface area contributed by atoms with Crippen LogP contribution in [0.2, 0.25) is 0 Å². The van der Waals surface area contributed by atoms with Crippen LogP contribution in [-0.2, 0) is 4.74 Å². The zero-order valence-electron chi connectivity index (χ0n) is 10.1. The highest BCUT2D eigenvalue weighted by Gasteiger charge is 2.56. The van der Waals surface area contributed by atoms with E-state index in [4.69, 9.17) is 13.9 Å². The van der Waals surface area contributed by atoms with Gasteiger partial charge in [0, 0.05) is 23.1 Å². The Morgan fingerprint density at radius 3 is 2.89 bits per heavy atom. The van der Waals surface area contributed by atoms with Crippen LogP contribution in [0.4, 0.5) is 0 Å². The van der Waals surface area contributed by atoms with Crippen molar-refractivity contribution in [3.63, 3.8) is 0 Å². The molecule has 2 aliphatic rings. The Bertz CT molecular complexity index is 713. The zero-order valence-corrected chi connectivity index (χ0v) is 10.1. The number of hydrogen-bond donors (Lipinski definition) is 0. The summed E-state index contributed by atoms with van der Waals surface area (Å²) in [7, 11) is 0. The Labute approximate surface area is 103 Å². The lowest BCUT2D eigenvalue weighted by molar-refractivity contribution is 0.0726. The van der Waals surface area contributed by atoms with Gasteiger partial charge in [-0.15, -0.1) is 0 Å². The number of hydrogen-bond acceptors (Lipinski definition) is 4. The summed E-state index contributed by atoms with van der Waals surface area (Å²) < 4.78 is 16.8. The molecule has 4 heteroatoms. The molecule has 18 heavy (non-hydrogen) atoms. The lowest BCUT2D eigenvalue weighted by Gasteiger charge is -2.29. The number of rotatable bonds is 0. The molecule has 0 N–H and O–H groups in total. The van der Waals surface area contributed by atoms with Gasteiger partial charge in [-0.05, 0) is 26.0 Å². The largest absolute Gasteiger partial charge is 0.484 e. The third-order valence-electron chi connectivity index (χ3n) is 3.61. The average Bonchev–Trinajstić information content (AvgIpc) is 3.07. The molecule has 2 atom stereocenters. The lowest BCUT2D eigenvalue weighted by atomic mass is 9.93. The SMILES string of the molecule is CC1(C)Oc2cc3oc(=O)ccc3cc2[C@@H]2O[C@@H]21. The van der Waals surface area contributed by atoms with Crippen LogP contribution in [0.3, 0.4) is 0 Å². The molecule has 4 rings (SSSR count). The van der Waals surface area contributed by atoms with Gasteiger partial charge in [0.2, 0.25) is 0 Å². The van der Waals surface area contributed by atoms with E-state index in [0.717, 1.165) is 16.7 Å². The first kappa shape index (κ1) is 10.1. The van der Waals surface area contributed by atoms with Crippen molar-refractivity contribution in [2.24, 2.45) is 0 Å². The van der Waals surface area contributed by atoms with Crippen LogP contribution in [0.25, 0.3) is 11.0 Å². The van der Waals surface area contributed by atoms with Crippen LogP contribution >= 0.6 is 0 Å². The Morgan fingerprint density at radius 2 is 2.06 bits per heavy atom. The van der Waals surface area contributed by atoms with E-state index in [1.54, 1.807) is 12.1 Å². The molecule has 92 valence electrons. The average molecular weight is 244 g/mol. The molecule has 0 bridgehead atoms. The summed E-state index contributed by atoms with van der Waals surface area (Å²) in [6.45, 7) is 4.01. The number of fused-ring (bicyclic) bond motifs is 4. The first-order chi connectivity index (χ1) is 8.54. The van der Waals surface area contributed by atoms with Crippen LogP contribution in [0.15, 0.2) is 33.5 Å². The van der Waals surface area contributed by atoms with E-state index in [9.17, 15) is 4.79 Å². The smallest absolute Gasteiger partial charge is 0.336 e. The van der Waals surface area contributed by atoms with Gasteiger partial charge in [0.15, 0.2) is 0 Å². The third kappa shape index (κ3) is 1.26. The number of benzene rings is 1. The van der Waals surface area contributed by atoms with Gasteiger partial charge in [-0.2, -0.15) is 0 Å². The Morgan fingerprint density at radius 1 is 1.22 bits per heavy atom. The Balaban J connectivity index is 1.97. The summed E-state index contributed by atoms with van der Waals surface area (Å²) in [5.41, 5.74) is 0.912. The Kier molecular flexibility index (Phi) is 1.66. The highest BCUT2D eigenvalue weighted by molar-refractivity contribution is 5.80. The van der Waals surface area contributed by atoms with Crippen LogP contribution in [0, 0.1) is 0 Å². The quantitative estimate of drug-likeness (QED) is 0.527. The van der Waals surface area contributed by atoms with Crippen molar-refractivity contribution in [3.05, 3.63) is 40.2 Å². The molecule has 3 heterocycles. The van der Waals surface area contributed by atoms with Crippen LogP contribution in [-0.4, -0.2) is 11.7 Å². The molecule has 1 saturated heterocycles. The summed E-state index contributed by atoms with van der Waals surface area (Å²) in [5.74, 6) is 0.751. The zero-order chi connectivity index (χ0) is 12.5. The van der Waals surface area contributed by atoms with Crippen LogP contribution in [0.5, 0.6) is 5.75 Å². The van der Waals surface area contributed by atoms with Gasteiger partial charge in [-0.25, -0.2) is 4.79 Å². The van der Waals surface area contributed by atoms with E-state index in [0.29, 0.717) is 5.58 Å². The standard InChI is InChI=1S/C14H12O4/c1-14(2)13-12(17-13)8-5-7-3-4-11(15)16-9(7)6-10(8)18-14/h3-6,12-13H,1-2H3/t12-,13-/m0/s1. The topological polar surface area (TPSA) is 52.0 Å². The van der Waals surface area contributed by atoms with Gasteiger partial charge in [-0.1, -0.05) is 0 Å². The molecule has 0 spiro atoms. The van der Waals surface area contributed by atoms with Gasteiger partial charge in [0.25, 0.3) is 0 Å². The normalized spacial score (nSPS) is 27.2. The first-order valence-corrected chi connectivity index (χ1v) is 5.97. The fraction of sp³-hybridized carbons (Fsp3) is 0.357. The Hall–Kier alpha value is -1.81. The minimum atomic E-state index is -0.349.